The van der Waals surface area contributed by atoms with E-state index in [9.17, 15) is 4.79 Å². The predicted molar refractivity (Wildman–Crippen MR) is 83.2 cm³/mol. The van der Waals surface area contributed by atoms with Gasteiger partial charge in [0.15, 0.2) is 0 Å². The number of carbonyl (C=O) groups is 1. The van der Waals surface area contributed by atoms with Crippen LogP contribution in [0.2, 0.25) is 0 Å². The molecule has 0 radical (unpaired) electrons. The summed E-state index contributed by atoms with van der Waals surface area (Å²) < 4.78 is 6.16. The number of likely N-dealkylation sites (tertiary alicyclic amines) is 1. The van der Waals surface area contributed by atoms with Crippen molar-refractivity contribution in [1.29, 1.82) is 0 Å². The third-order valence-electron chi connectivity index (χ3n) is 3.80. The predicted octanol–water partition coefficient (Wildman–Crippen LogP) is 2.53. The first-order valence-corrected chi connectivity index (χ1v) is 7.69. The number of methoxy groups -OCH3 is 1. The highest BCUT2D eigenvalue weighted by Gasteiger charge is 2.18. The van der Waals surface area contributed by atoms with Gasteiger partial charge in [0.25, 0.3) is 5.91 Å². The van der Waals surface area contributed by atoms with Gasteiger partial charge in [0, 0.05) is 11.0 Å². The fraction of sp³-hybridized carbons (Fsp3) is 0.533. The van der Waals surface area contributed by atoms with Gasteiger partial charge in [-0.25, -0.2) is 0 Å². The summed E-state index contributed by atoms with van der Waals surface area (Å²) in [5.74, 6) is 1.12. The van der Waals surface area contributed by atoms with E-state index in [1.54, 1.807) is 13.2 Å². The quantitative estimate of drug-likeness (QED) is 0.915. The van der Waals surface area contributed by atoms with E-state index in [1.807, 2.05) is 12.1 Å². The third-order valence-corrected chi connectivity index (χ3v) is 4.29. The summed E-state index contributed by atoms with van der Waals surface area (Å²) in [4.78, 5) is 14.6. The molecule has 0 aromatic heterocycles. The van der Waals surface area contributed by atoms with Gasteiger partial charge in [-0.15, -0.1) is 0 Å². The maximum Gasteiger partial charge on any atom is 0.255 e. The Labute approximate surface area is 128 Å². The molecule has 110 valence electrons. The lowest BCUT2D eigenvalue weighted by Gasteiger charge is -2.29. The van der Waals surface area contributed by atoms with Gasteiger partial charge in [0.2, 0.25) is 0 Å². The molecule has 0 atom stereocenters. The van der Waals surface area contributed by atoms with Crippen molar-refractivity contribution in [3.05, 3.63) is 28.2 Å². The monoisotopic (exact) mass is 340 g/mol. The summed E-state index contributed by atoms with van der Waals surface area (Å²) in [6, 6.07) is 5.45. The Balaban J connectivity index is 1.92. The second kappa shape index (κ2) is 7.09. The van der Waals surface area contributed by atoms with Crippen LogP contribution >= 0.6 is 15.9 Å². The molecule has 1 amide bonds. The lowest BCUT2D eigenvalue weighted by atomic mass is 9.97. The largest absolute Gasteiger partial charge is 0.496 e. The van der Waals surface area contributed by atoms with Crippen molar-refractivity contribution in [1.82, 2.24) is 10.2 Å². The normalized spacial score (nSPS) is 16.9. The molecule has 1 saturated heterocycles. The summed E-state index contributed by atoms with van der Waals surface area (Å²) in [6.45, 7) is 2.97. The molecule has 2 rings (SSSR count). The molecule has 1 heterocycles. The number of nitrogens with zero attached hydrogens (tertiary/aromatic N) is 1. The summed E-state index contributed by atoms with van der Waals surface area (Å²) >= 11 is 3.38. The number of ether oxygens (including phenoxy) is 1. The van der Waals surface area contributed by atoms with Gasteiger partial charge >= 0.3 is 0 Å². The van der Waals surface area contributed by atoms with Crippen molar-refractivity contribution in [2.75, 3.05) is 33.8 Å². The lowest BCUT2D eigenvalue weighted by molar-refractivity contribution is 0.0936. The van der Waals surface area contributed by atoms with E-state index in [0.29, 0.717) is 17.2 Å². The van der Waals surface area contributed by atoms with Crippen LogP contribution in [0.25, 0.3) is 0 Å². The summed E-state index contributed by atoms with van der Waals surface area (Å²) in [5, 5.41) is 3.02. The van der Waals surface area contributed by atoms with Gasteiger partial charge in [-0.2, -0.15) is 0 Å². The highest BCUT2D eigenvalue weighted by atomic mass is 79.9. The molecule has 20 heavy (non-hydrogen) atoms. The maximum absolute atomic E-state index is 12.2. The molecule has 1 aliphatic rings. The molecule has 0 spiro atoms. The molecule has 1 fully saturated rings. The second-order valence-electron chi connectivity index (χ2n) is 5.30. The van der Waals surface area contributed by atoms with E-state index < -0.39 is 0 Å². The standard InChI is InChI=1S/C15H21BrN2O2/c1-18-7-5-11(6-8-18)10-17-15(19)13-4-3-12(16)9-14(13)20-2/h3-4,9,11H,5-8,10H2,1-2H3,(H,17,19). The van der Waals surface area contributed by atoms with E-state index in [0.717, 1.165) is 36.9 Å². The molecule has 1 N–H and O–H groups in total. The smallest absolute Gasteiger partial charge is 0.255 e. The maximum atomic E-state index is 12.2. The Morgan fingerprint density at radius 1 is 1.45 bits per heavy atom. The van der Waals surface area contributed by atoms with Crippen LogP contribution < -0.4 is 10.1 Å². The van der Waals surface area contributed by atoms with Gasteiger partial charge in [-0.05, 0) is 57.1 Å². The fourth-order valence-corrected chi connectivity index (χ4v) is 2.79. The fourth-order valence-electron chi connectivity index (χ4n) is 2.45. The number of halogens is 1. The Kier molecular flexibility index (Phi) is 5.43. The number of hydrogen-bond acceptors (Lipinski definition) is 3. The molecule has 4 nitrogen and oxygen atoms in total. The van der Waals surface area contributed by atoms with Crippen LogP contribution in [0.4, 0.5) is 0 Å². The number of nitrogens with one attached hydrogen (secondary N) is 1. The van der Waals surface area contributed by atoms with Crippen molar-refractivity contribution in [2.45, 2.75) is 12.8 Å². The topological polar surface area (TPSA) is 41.6 Å². The second-order valence-corrected chi connectivity index (χ2v) is 6.22. The number of benzene rings is 1. The van der Waals surface area contributed by atoms with Crippen LogP contribution in [-0.2, 0) is 0 Å². The SMILES string of the molecule is COc1cc(Br)ccc1C(=O)NCC1CCN(C)CC1. The number of rotatable bonds is 4. The van der Waals surface area contributed by atoms with Crippen LogP contribution in [0.1, 0.15) is 23.2 Å². The lowest BCUT2D eigenvalue weighted by Crippen LogP contribution is -2.36. The van der Waals surface area contributed by atoms with E-state index >= 15 is 0 Å². The van der Waals surface area contributed by atoms with Crippen molar-refractivity contribution in [3.8, 4) is 5.75 Å². The Morgan fingerprint density at radius 2 is 2.15 bits per heavy atom. The molecule has 1 aliphatic heterocycles. The van der Waals surface area contributed by atoms with Crippen molar-refractivity contribution < 1.29 is 9.53 Å². The molecule has 1 aromatic carbocycles. The van der Waals surface area contributed by atoms with Crippen LogP contribution in [0.5, 0.6) is 5.75 Å². The first kappa shape index (κ1) is 15.3. The zero-order valence-corrected chi connectivity index (χ0v) is 13.6. The molecule has 0 aliphatic carbocycles. The van der Waals surface area contributed by atoms with Gasteiger partial charge in [0.1, 0.15) is 5.75 Å². The van der Waals surface area contributed by atoms with Gasteiger partial charge in [-0.1, -0.05) is 15.9 Å². The molecule has 5 heteroatoms. The molecular formula is C15H21BrN2O2. The summed E-state index contributed by atoms with van der Waals surface area (Å²) in [6.07, 6.45) is 2.29. The zero-order valence-electron chi connectivity index (χ0n) is 12.0. The van der Waals surface area contributed by atoms with Crippen LogP contribution in [0.15, 0.2) is 22.7 Å². The van der Waals surface area contributed by atoms with Gasteiger partial charge < -0.3 is 15.0 Å². The van der Waals surface area contributed by atoms with Gasteiger partial charge in [-0.3, -0.25) is 4.79 Å². The first-order chi connectivity index (χ1) is 9.60. The van der Waals surface area contributed by atoms with Crippen molar-refractivity contribution in [3.63, 3.8) is 0 Å². The van der Waals surface area contributed by atoms with Gasteiger partial charge in [0.05, 0.1) is 12.7 Å². The minimum absolute atomic E-state index is 0.0618. The zero-order chi connectivity index (χ0) is 14.5. The number of piperidine rings is 1. The number of hydrogen-bond donors (Lipinski definition) is 1. The molecule has 1 aromatic rings. The van der Waals surface area contributed by atoms with Crippen LogP contribution in [0, 0.1) is 5.92 Å². The Hall–Kier alpha value is -1.07. The molecule has 0 saturated carbocycles. The average molecular weight is 341 g/mol. The molecular weight excluding hydrogens is 320 g/mol. The van der Waals surface area contributed by atoms with Crippen molar-refractivity contribution >= 4 is 21.8 Å². The number of carbonyl (C=O) groups excluding carboxylic acids is 1. The highest BCUT2D eigenvalue weighted by molar-refractivity contribution is 9.10. The average Bonchev–Trinajstić information content (AvgIpc) is 2.46. The third kappa shape index (κ3) is 3.96. The number of amides is 1. The summed E-state index contributed by atoms with van der Waals surface area (Å²) in [7, 11) is 3.72. The van der Waals surface area contributed by atoms with E-state index in [-0.39, 0.29) is 5.91 Å². The van der Waals surface area contributed by atoms with E-state index in [2.05, 4.69) is 33.2 Å². The minimum atomic E-state index is -0.0618. The first-order valence-electron chi connectivity index (χ1n) is 6.90. The minimum Gasteiger partial charge on any atom is -0.496 e. The summed E-state index contributed by atoms with van der Waals surface area (Å²) in [5.41, 5.74) is 0.587. The van der Waals surface area contributed by atoms with Crippen molar-refractivity contribution in [2.24, 2.45) is 5.92 Å². The van der Waals surface area contributed by atoms with Crippen LogP contribution in [0.3, 0.4) is 0 Å². The van der Waals surface area contributed by atoms with E-state index in [4.69, 9.17) is 4.74 Å². The molecule has 0 unspecified atom stereocenters. The Morgan fingerprint density at radius 3 is 2.80 bits per heavy atom. The van der Waals surface area contributed by atoms with E-state index in [1.165, 1.54) is 0 Å². The van der Waals surface area contributed by atoms with Crippen LogP contribution in [-0.4, -0.2) is 44.6 Å². The molecule has 0 bridgehead atoms. The highest BCUT2D eigenvalue weighted by Crippen LogP contribution is 2.23. The Bertz CT molecular complexity index is 471.